The number of amides is 1. The lowest BCUT2D eigenvalue weighted by Gasteiger charge is -2.20. The number of methoxy groups -OCH3 is 1. The standard InChI is InChI=1S/C25H25ClN2O6S/c1-3-34-23-14-13-18(16-20(23)26)35(31,32)28-22(15-17-9-5-4-6-10-17)24(29)27-21-12-8-7-11-19(21)25(30)33-2/h4-14,16,22,28H,3,15H2,1-2H3,(H,27,29)/t22-/m0/s1. The third kappa shape index (κ3) is 6.82. The van der Waals surface area contributed by atoms with Gasteiger partial charge in [-0.25, -0.2) is 13.2 Å². The lowest BCUT2D eigenvalue weighted by atomic mass is 10.1. The number of benzene rings is 3. The van der Waals surface area contributed by atoms with Gasteiger partial charge in [0.1, 0.15) is 11.8 Å². The zero-order valence-corrected chi connectivity index (χ0v) is 20.7. The monoisotopic (exact) mass is 516 g/mol. The molecule has 3 aromatic carbocycles. The van der Waals surface area contributed by atoms with E-state index >= 15 is 0 Å². The molecule has 0 aliphatic carbocycles. The highest BCUT2D eigenvalue weighted by Crippen LogP contribution is 2.27. The number of carbonyl (C=O) groups is 2. The molecule has 1 atom stereocenters. The molecule has 10 heteroatoms. The lowest BCUT2D eigenvalue weighted by molar-refractivity contribution is -0.117. The van der Waals surface area contributed by atoms with Crippen molar-refractivity contribution in [1.82, 2.24) is 4.72 Å². The van der Waals surface area contributed by atoms with Crippen molar-refractivity contribution in [3.63, 3.8) is 0 Å². The van der Waals surface area contributed by atoms with Crippen molar-refractivity contribution in [3.05, 3.63) is 88.9 Å². The van der Waals surface area contributed by atoms with E-state index in [1.165, 1.54) is 37.4 Å². The Bertz CT molecular complexity index is 1300. The highest BCUT2D eigenvalue weighted by molar-refractivity contribution is 7.89. The Balaban J connectivity index is 1.91. The molecular weight excluding hydrogens is 492 g/mol. The maximum Gasteiger partial charge on any atom is 0.339 e. The van der Waals surface area contributed by atoms with Crippen LogP contribution in [0.15, 0.2) is 77.7 Å². The molecular formula is C25H25ClN2O6S. The van der Waals surface area contributed by atoms with Crippen LogP contribution in [0.5, 0.6) is 5.75 Å². The van der Waals surface area contributed by atoms with Crippen LogP contribution in [0.1, 0.15) is 22.8 Å². The maximum atomic E-state index is 13.3. The Labute approximate surface area is 209 Å². The topological polar surface area (TPSA) is 111 Å². The molecule has 0 aromatic heterocycles. The summed E-state index contributed by atoms with van der Waals surface area (Å²) in [6.45, 7) is 2.16. The Morgan fingerprint density at radius 2 is 1.69 bits per heavy atom. The fourth-order valence-electron chi connectivity index (χ4n) is 3.31. The van der Waals surface area contributed by atoms with E-state index in [2.05, 4.69) is 10.0 Å². The average molecular weight is 517 g/mol. The molecule has 3 aromatic rings. The number of carbonyl (C=O) groups excluding carboxylic acids is 2. The van der Waals surface area contributed by atoms with Crippen LogP contribution in [0.3, 0.4) is 0 Å². The lowest BCUT2D eigenvalue weighted by Crippen LogP contribution is -2.45. The van der Waals surface area contributed by atoms with Gasteiger partial charge >= 0.3 is 5.97 Å². The average Bonchev–Trinajstić information content (AvgIpc) is 2.85. The number of para-hydroxylation sites is 1. The number of rotatable bonds is 10. The summed E-state index contributed by atoms with van der Waals surface area (Å²) in [6, 6.07) is 18.1. The van der Waals surface area contributed by atoms with Gasteiger partial charge in [-0.1, -0.05) is 54.1 Å². The smallest absolute Gasteiger partial charge is 0.339 e. The van der Waals surface area contributed by atoms with E-state index in [0.29, 0.717) is 12.4 Å². The van der Waals surface area contributed by atoms with Gasteiger partial charge in [-0.2, -0.15) is 4.72 Å². The summed E-state index contributed by atoms with van der Waals surface area (Å²) < 4.78 is 38.9. The second kappa shape index (κ2) is 11.8. The Morgan fingerprint density at radius 1 is 1.00 bits per heavy atom. The van der Waals surface area contributed by atoms with Gasteiger partial charge in [0.05, 0.1) is 34.9 Å². The molecule has 0 aliphatic rings. The molecule has 0 spiro atoms. The predicted octanol–water partition coefficient (Wildman–Crippen LogP) is 4.05. The van der Waals surface area contributed by atoms with E-state index in [1.807, 2.05) is 6.07 Å². The van der Waals surface area contributed by atoms with E-state index in [9.17, 15) is 18.0 Å². The van der Waals surface area contributed by atoms with Gasteiger partial charge in [-0.05, 0) is 49.2 Å². The molecule has 2 N–H and O–H groups in total. The minimum absolute atomic E-state index is 0.0665. The van der Waals surface area contributed by atoms with Crippen molar-refractivity contribution in [2.45, 2.75) is 24.3 Å². The first-order valence-electron chi connectivity index (χ1n) is 10.7. The van der Waals surface area contributed by atoms with Gasteiger partial charge < -0.3 is 14.8 Å². The third-order valence-electron chi connectivity index (χ3n) is 5.00. The van der Waals surface area contributed by atoms with Gasteiger partial charge in [0.2, 0.25) is 15.9 Å². The van der Waals surface area contributed by atoms with E-state index in [4.69, 9.17) is 21.1 Å². The first-order chi connectivity index (χ1) is 16.7. The quantitative estimate of drug-likeness (QED) is 0.393. The fourth-order valence-corrected chi connectivity index (χ4v) is 4.84. The van der Waals surface area contributed by atoms with Gasteiger partial charge in [0, 0.05) is 0 Å². The molecule has 0 unspecified atom stereocenters. The first kappa shape index (κ1) is 26.2. The maximum absolute atomic E-state index is 13.3. The summed E-state index contributed by atoms with van der Waals surface area (Å²) in [5, 5.41) is 2.77. The molecule has 0 radical (unpaired) electrons. The minimum Gasteiger partial charge on any atom is -0.492 e. The van der Waals surface area contributed by atoms with Crippen LogP contribution in [0.4, 0.5) is 5.69 Å². The molecule has 8 nitrogen and oxygen atoms in total. The zero-order chi connectivity index (χ0) is 25.4. The molecule has 0 heterocycles. The summed E-state index contributed by atoms with van der Waals surface area (Å²) in [4.78, 5) is 25.2. The van der Waals surface area contributed by atoms with E-state index in [-0.39, 0.29) is 27.6 Å². The molecule has 0 aliphatic heterocycles. The van der Waals surface area contributed by atoms with Crippen molar-refractivity contribution in [2.75, 3.05) is 19.0 Å². The third-order valence-corrected chi connectivity index (χ3v) is 6.77. The largest absolute Gasteiger partial charge is 0.492 e. The first-order valence-corrected chi connectivity index (χ1v) is 12.6. The van der Waals surface area contributed by atoms with Crippen LogP contribution in [0.2, 0.25) is 5.02 Å². The number of halogens is 1. The molecule has 0 saturated heterocycles. The minimum atomic E-state index is -4.14. The number of hydrogen-bond acceptors (Lipinski definition) is 6. The van der Waals surface area contributed by atoms with Crippen LogP contribution in [-0.4, -0.2) is 40.1 Å². The molecule has 1 amide bonds. The van der Waals surface area contributed by atoms with E-state index < -0.39 is 27.9 Å². The fraction of sp³-hybridized carbons (Fsp3) is 0.200. The van der Waals surface area contributed by atoms with Gasteiger partial charge in [0.15, 0.2) is 0 Å². The molecule has 0 saturated carbocycles. The summed E-state index contributed by atoms with van der Waals surface area (Å²) >= 11 is 6.17. The van der Waals surface area contributed by atoms with Gasteiger partial charge in [-0.15, -0.1) is 0 Å². The number of esters is 1. The molecule has 0 bridgehead atoms. The SMILES string of the molecule is CCOc1ccc(S(=O)(=O)N[C@@H](Cc2ccccc2)C(=O)Nc2ccccc2C(=O)OC)cc1Cl. The van der Waals surface area contributed by atoms with Crippen molar-refractivity contribution in [3.8, 4) is 5.75 Å². The summed E-state index contributed by atoms with van der Waals surface area (Å²) in [6.07, 6.45) is 0.0665. The normalized spacial score (nSPS) is 12.0. The second-order valence-electron chi connectivity index (χ2n) is 7.42. The van der Waals surface area contributed by atoms with E-state index in [0.717, 1.165) is 5.56 Å². The Morgan fingerprint density at radius 3 is 2.34 bits per heavy atom. The number of nitrogens with one attached hydrogen (secondary N) is 2. The molecule has 184 valence electrons. The highest BCUT2D eigenvalue weighted by atomic mass is 35.5. The highest BCUT2D eigenvalue weighted by Gasteiger charge is 2.28. The zero-order valence-electron chi connectivity index (χ0n) is 19.2. The van der Waals surface area contributed by atoms with Crippen LogP contribution < -0.4 is 14.8 Å². The summed E-state index contributed by atoms with van der Waals surface area (Å²) in [7, 11) is -2.91. The number of hydrogen-bond donors (Lipinski definition) is 2. The number of anilines is 1. The van der Waals surface area contributed by atoms with Gasteiger partial charge in [-0.3, -0.25) is 4.79 Å². The van der Waals surface area contributed by atoms with Crippen molar-refractivity contribution < 1.29 is 27.5 Å². The second-order valence-corrected chi connectivity index (χ2v) is 9.54. The van der Waals surface area contributed by atoms with Crippen LogP contribution in [0, 0.1) is 0 Å². The van der Waals surface area contributed by atoms with E-state index in [1.54, 1.807) is 43.3 Å². The molecule has 0 fully saturated rings. The van der Waals surface area contributed by atoms with Crippen LogP contribution >= 0.6 is 11.6 Å². The number of ether oxygens (including phenoxy) is 2. The Kier molecular flexibility index (Phi) is 8.86. The summed E-state index contributed by atoms with van der Waals surface area (Å²) in [5.41, 5.74) is 1.08. The van der Waals surface area contributed by atoms with Crippen molar-refractivity contribution in [1.29, 1.82) is 0 Å². The van der Waals surface area contributed by atoms with Crippen molar-refractivity contribution in [2.24, 2.45) is 0 Å². The molecule has 3 rings (SSSR count). The number of sulfonamides is 1. The van der Waals surface area contributed by atoms with Crippen LogP contribution in [0.25, 0.3) is 0 Å². The van der Waals surface area contributed by atoms with Crippen molar-refractivity contribution >= 4 is 39.2 Å². The van der Waals surface area contributed by atoms with Gasteiger partial charge in [0.25, 0.3) is 0 Å². The summed E-state index contributed by atoms with van der Waals surface area (Å²) in [5.74, 6) is -0.929. The van der Waals surface area contributed by atoms with Crippen LogP contribution in [-0.2, 0) is 26.0 Å². The predicted molar refractivity (Wildman–Crippen MR) is 133 cm³/mol. The molecule has 35 heavy (non-hydrogen) atoms. The Hall–Kier alpha value is -3.40.